The molecule has 1 aromatic heterocycles. The third-order valence-electron chi connectivity index (χ3n) is 1.92. The summed E-state index contributed by atoms with van der Waals surface area (Å²) in [6.07, 6.45) is 1.66. The van der Waals surface area contributed by atoms with Crippen LogP contribution in [0.2, 0.25) is 5.15 Å². The second kappa shape index (κ2) is 5.82. The summed E-state index contributed by atoms with van der Waals surface area (Å²) in [6.45, 7) is 6.12. The van der Waals surface area contributed by atoms with Gasteiger partial charge < -0.3 is 10.6 Å². The van der Waals surface area contributed by atoms with E-state index in [2.05, 4.69) is 15.6 Å². The third kappa shape index (κ3) is 4.16. The zero-order valence-electron chi connectivity index (χ0n) is 9.67. The molecule has 2 N–H and O–H groups in total. The number of carbonyl (C=O) groups excluding carboxylic acids is 1. The summed E-state index contributed by atoms with van der Waals surface area (Å²) in [5.74, 6) is -0.122. The lowest BCUT2D eigenvalue weighted by Gasteiger charge is -2.10. The van der Waals surface area contributed by atoms with Crippen LogP contribution in [0.15, 0.2) is 12.3 Å². The van der Waals surface area contributed by atoms with Crippen molar-refractivity contribution in [1.82, 2.24) is 10.3 Å². The average Bonchev–Trinajstić information content (AvgIpc) is 2.20. The number of aryl methyl sites for hydroxylation is 1. The second-order valence-corrected chi connectivity index (χ2v) is 4.29. The van der Waals surface area contributed by atoms with Crippen LogP contribution in [-0.4, -0.2) is 23.5 Å². The van der Waals surface area contributed by atoms with Crippen molar-refractivity contribution < 1.29 is 4.79 Å². The van der Waals surface area contributed by atoms with Gasteiger partial charge in [0.2, 0.25) is 5.91 Å². The van der Waals surface area contributed by atoms with Crippen molar-refractivity contribution >= 4 is 23.2 Å². The molecule has 1 aromatic rings. The highest BCUT2D eigenvalue weighted by atomic mass is 35.5. The maximum Gasteiger partial charge on any atom is 0.238 e. The van der Waals surface area contributed by atoms with Crippen LogP contribution < -0.4 is 10.6 Å². The van der Waals surface area contributed by atoms with Crippen molar-refractivity contribution in [2.24, 2.45) is 0 Å². The van der Waals surface area contributed by atoms with Gasteiger partial charge in [-0.2, -0.15) is 0 Å². The molecule has 0 aliphatic carbocycles. The molecule has 0 bridgehead atoms. The van der Waals surface area contributed by atoms with E-state index in [1.807, 2.05) is 20.8 Å². The van der Waals surface area contributed by atoms with Crippen LogP contribution >= 0.6 is 11.6 Å². The lowest BCUT2D eigenvalue weighted by Crippen LogP contribution is -2.32. The standard InChI is InChI=1S/C11H16ClN3O/c1-7(2)13-6-10(16)15-9-4-8(3)5-14-11(9)12/h4-5,7,13H,6H2,1-3H3,(H,15,16). The van der Waals surface area contributed by atoms with E-state index < -0.39 is 0 Å². The van der Waals surface area contributed by atoms with E-state index >= 15 is 0 Å². The molecule has 0 saturated heterocycles. The van der Waals surface area contributed by atoms with Gasteiger partial charge in [-0.3, -0.25) is 4.79 Å². The van der Waals surface area contributed by atoms with E-state index in [0.717, 1.165) is 5.56 Å². The molecule has 0 spiro atoms. The van der Waals surface area contributed by atoms with Crippen LogP contribution in [0.4, 0.5) is 5.69 Å². The topological polar surface area (TPSA) is 54.0 Å². The van der Waals surface area contributed by atoms with E-state index in [1.165, 1.54) is 0 Å². The number of nitrogens with zero attached hydrogens (tertiary/aromatic N) is 1. The molecule has 88 valence electrons. The summed E-state index contributed by atoms with van der Waals surface area (Å²) in [5.41, 5.74) is 1.51. The van der Waals surface area contributed by atoms with Crippen LogP contribution in [0.5, 0.6) is 0 Å². The number of anilines is 1. The number of hydrogen-bond acceptors (Lipinski definition) is 3. The molecule has 0 saturated carbocycles. The number of rotatable bonds is 4. The molecule has 0 atom stereocenters. The van der Waals surface area contributed by atoms with Gasteiger partial charge >= 0.3 is 0 Å². The molecular weight excluding hydrogens is 226 g/mol. The molecule has 0 aromatic carbocycles. The fraction of sp³-hybridized carbons (Fsp3) is 0.455. The quantitative estimate of drug-likeness (QED) is 0.793. The third-order valence-corrected chi connectivity index (χ3v) is 2.22. The van der Waals surface area contributed by atoms with Gasteiger partial charge in [-0.05, 0) is 18.6 Å². The fourth-order valence-electron chi connectivity index (χ4n) is 1.13. The lowest BCUT2D eigenvalue weighted by molar-refractivity contribution is -0.115. The van der Waals surface area contributed by atoms with Crippen molar-refractivity contribution in [1.29, 1.82) is 0 Å². The second-order valence-electron chi connectivity index (χ2n) is 3.93. The molecule has 16 heavy (non-hydrogen) atoms. The molecule has 1 rings (SSSR count). The molecule has 0 fully saturated rings. The van der Waals surface area contributed by atoms with Gasteiger partial charge in [-0.25, -0.2) is 4.98 Å². The highest BCUT2D eigenvalue weighted by Crippen LogP contribution is 2.19. The van der Waals surface area contributed by atoms with Gasteiger partial charge in [0.25, 0.3) is 0 Å². The average molecular weight is 242 g/mol. The zero-order chi connectivity index (χ0) is 12.1. The summed E-state index contributed by atoms with van der Waals surface area (Å²) >= 11 is 5.86. The smallest absolute Gasteiger partial charge is 0.238 e. The Balaban J connectivity index is 2.59. The van der Waals surface area contributed by atoms with E-state index in [0.29, 0.717) is 10.8 Å². The number of hydrogen-bond donors (Lipinski definition) is 2. The summed E-state index contributed by atoms with van der Waals surface area (Å²) < 4.78 is 0. The molecule has 1 amide bonds. The molecule has 0 radical (unpaired) electrons. The molecular formula is C11H16ClN3O. The molecule has 0 aliphatic rings. The summed E-state index contributed by atoms with van der Waals surface area (Å²) in [6, 6.07) is 2.07. The van der Waals surface area contributed by atoms with Crippen molar-refractivity contribution in [3.8, 4) is 0 Å². The first-order chi connectivity index (χ1) is 7.49. The first-order valence-electron chi connectivity index (χ1n) is 5.14. The predicted molar refractivity (Wildman–Crippen MR) is 65.8 cm³/mol. The zero-order valence-corrected chi connectivity index (χ0v) is 10.4. The molecule has 0 aliphatic heterocycles. The Bertz CT molecular complexity index is 379. The minimum atomic E-state index is -0.122. The minimum Gasteiger partial charge on any atom is -0.322 e. The Morgan fingerprint density at radius 3 is 2.88 bits per heavy atom. The number of nitrogens with one attached hydrogen (secondary N) is 2. The highest BCUT2D eigenvalue weighted by Gasteiger charge is 2.07. The van der Waals surface area contributed by atoms with Crippen molar-refractivity contribution in [3.63, 3.8) is 0 Å². The van der Waals surface area contributed by atoms with E-state index in [1.54, 1.807) is 12.3 Å². The first-order valence-corrected chi connectivity index (χ1v) is 5.52. The van der Waals surface area contributed by atoms with Gasteiger partial charge in [0.15, 0.2) is 5.15 Å². The molecule has 0 unspecified atom stereocenters. The Morgan fingerprint density at radius 2 is 2.25 bits per heavy atom. The Hall–Kier alpha value is -1.13. The fourth-order valence-corrected chi connectivity index (χ4v) is 1.28. The van der Waals surface area contributed by atoms with Crippen LogP contribution in [-0.2, 0) is 4.79 Å². The Labute approximate surface area is 100 Å². The van der Waals surface area contributed by atoms with Crippen LogP contribution in [0.3, 0.4) is 0 Å². The summed E-state index contributed by atoms with van der Waals surface area (Å²) in [5, 5.41) is 6.04. The van der Waals surface area contributed by atoms with Crippen molar-refractivity contribution in [3.05, 3.63) is 23.0 Å². The van der Waals surface area contributed by atoms with Gasteiger partial charge in [-0.15, -0.1) is 0 Å². The van der Waals surface area contributed by atoms with Crippen LogP contribution in [0.1, 0.15) is 19.4 Å². The van der Waals surface area contributed by atoms with Crippen molar-refractivity contribution in [2.75, 3.05) is 11.9 Å². The van der Waals surface area contributed by atoms with Gasteiger partial charge in [-0.1, -0.05) is 25.4 Å². The maximum absolute atomic E-state index is 11.5. The van der Waals surface area contributed by atoms with E-state index in [-0.39, 0.29) is 18.5 Å². The molecule has 4 nitrogen and oxygen atoms in total. The van der Waals surface area contributed by atoms with Gasteiger partial charge in [0, 0.05) is 12.2 Å². The SMILES string of the molecule is Cc1cnc(Cl)c(NC(=O)CNC(C)C)c1. The molecule has 1 heterocycles. The van der Waals surface area contributed by atoms with Crippen LogP contribution in [0.25, 0.3) is 0 Å². The number of aromatic nitrogens is 1. The lowest BCUT2D eigenvalue weighted by atomic mass is 10.3. The number of halogens is 1. The molecule has 5 heteroatoms. The summed E-state index contributed by atoms with van der Waals surface area (Å²) in [7, 11) is 0. The van der Waals surface area contributed by atoms with Crippen LogP contribution in [0, 0.1) is 6.92 Å². The normalized spacial score (nSPS) is 10.6. The van der Waals surface area contributed by atoms with E-state index in [9.17, 15) is 4.79 Å². The van der Waals surface area contributed by atoms with Gasteiger partial charge in [0.1, 0.15) is 0 Å². The number of carbonyl (C=O) groups is 1. The first kappa shape index (κ1) is 12.9. The maximum atomic E-state index is 11.5. The largest absolute Gasteiger partial charge is 0.322 e. The Kier molecular flexibility index (Phi) is 4.71. The number of amides is 1. The highest BCUT2D eigenvalue weighted by molar-refractivity contribution is 6.32. The monoisotopic (exact) mass is 241 g/mol. The minimum absolute atomic E-state index is 0.122. The van der Waals surface area contributed by atoms with Gasteiger partial charge in [0.05, 0.1) is 12.2 Å². The number of pyridine rings is 1. The van der Waals surface area contributed by atoms with Crippen molar-refractivity contribution in [2.45, 2.75) is 26.8 Å². The summed E-state index contributed by atoms with van der Waals surface area (Å²) in [4.78, 5) is 15.5. The predicted octanol–water partition coefficient (Wildman–Crippen LogP) is 1.98. The Morgan fingerprint density at radius 1 is 1.56 bits per heavy atom. The van der Waals surface area contributed by atoms with E-state index in [4.69, 9.17) is 11.6 Å².